The predicted octanol–water partition coefficient (Wildman–Crippen LogP) is 5.07. The third-order valence-electron chi connectivity index (χ3n) is 4.94. The Kier molecular flexibility index (Phi) is 6.84. The summed E-state index contributed by atoms with van der Waals surface area (Å²) in [5.74, 6) is -0.436. The van der Waals surface area contributed by atoms with E-state index in [2.05, 4.69) is 0 Å². The van der Waals surface area contributed by atoms with Crippen LogP contribution in [0.4, 0.5) is 4.39 Å². The molecule has 0 aliphatic rings. The highest BCUT2D eigenvalue weighted by molar-refractivity contribution is 7.82. The summed E-state index contributed by atoms with van der Waals surface area (Å²) in [6.07, 6.45) is -0.155. The normalized spacial score (nSPS) is 12.3. The molecule has 0 saturated carbocycles. The average Bonchev–Trinajstić information content (AvgIpc) is 2.72. The number of hydrogen-bond acceptors (Lipinski definition) is 3. The van der Waals surface area contributed by atoms with Gasteiger partial charge in [-0.2, -0.15) is 0 Å². The Bertz CT molecular complexity index is 1090. The van der Waals surface area contributed by atoms with Gasteiger partial charge >= 0.3 is 5.97 Å². The van der Waals surface area contributed by atoms with Gasteiger partial charge in [0, 0.05) is 18.5 Å². The van der Waals surface area contributed by atoms with Crippen LogP contribution in [0.5, 0.6) is 11.5 Å². The lowest BCUT2D eigenvalue weighted by atomic mass is 9.98. The lowest BCUT2D eigenvalue weighted by molar-refractivity contribution is -0.136. The van der Waals surface area contributed by atoms with E-state index in [0.29, 0.717) is 51.4 Å². The van der Waals surface area contributed by atoms with Gasteiger partial charge in [-0.15, -0.1) is 0 Å². The summed E-state index contributed by atoms with van der Waals surface area (Å²) >= 11 is 0. The molecule has 0 amide bonds. The first-order valence-corrected chi connectivity index (χ1v) is 10.8. The van der Waals surface area contributed by atoms with Crippen LogP contribution in [-0.2, 0) is 22.2 Å². The predicted molar refractivity (Wildman–Crippen MR) is 116 cm³/mol. The highest BCUT2D eigenvalue weighted by Crippen LogP contribution is 2.36. The van der Waals surface area contributed by atoms with Crippen LogP contribution in [0.3, 0.4) is 0 Å². The number of hydrogen-bond donors (Lipinski definition) is 1. The second-order valence-corrected chi connectivity index (χ2v) is 8.35. The molecule has 7 heteroatoms. The zero-order chi connectivity index (χ0) is 21.8. The first kappa shape index (κ1) is 21.9. The van der Waals surface area contributed by atoms with Crippen molar-refractivity contribution in [1.29, 1.82) is 0 Å². The molecule has 0 aliphatic carbocycles. The molecule has 3 aromatic carbocycles. The van der Waals surface area contributed by atoms with E-state index in [4.69, 9.17) is 4.74 Å². The minimum atomic E-state index is -1.25. The lowest BCUT2D eigenvalue weighted by Crippen LogP contribution is -2.25. The van der Waals surface area contributed by atoms with E-state index >= 15 is 0 Å². The summed E-state index contributed by atoms with van der Waals surface area (Å²) in [7, 11) is -1.25. The maximum absolute atomic E-state index is 13.9. The lowest BCUT2D eigenvalue weighted by Gasteiger charge is -2.18. The third kappa shape index (κ3) is 4.68. The highest BCUT2D eigenvalue weighted by atomic mass is 32.2. The maximum Gasteiger partial charge on any atom is 0.307 e. The Morgan fingerprint density at radius 2 is 1.77 bits per heavy atom. The van der Waals surface area contributed by atoms with E-state index in [0.717, 1.165) is 0 Å². The van der Waals surface area contributed by atoms with Crippen molar-refractivity contribution < 1.29 is 23.2 Å². The molecule has 1 atom stereocenters. The van der Waals surface area contributed by atoms with E-state index in [-0.39, 0.29) is 6.42 Å². The molecule has 0 spiro atoms. The number of carboxylic acids is 1. The molecule has 0 saturated heterocycles. The fourth-order valence-corrected chi connectivity index (χ4v) is 4.46. The molecule has 1 N–H and O–H groups in total. The minimum absolute atomic E-state index is 0.155. The Balaban J connectivity index is 2.00. The molecule has 0 fully saturated rings. The van der Waals surface area contributed by atoms with E-state index in [1.54, 1.807) is 43.3 Å². The van der Waals surface area contributed by atoms with Gasteiger partial charge in [0.2, 0.25) is 0 Å². The summed E-state index contributed by atoms with van der Waals surface area (Å²) in [4.78, 5) is 11.9. The van der Waals surface area contributed by atoms with Crippen LogP contribution in [0.2, 0.25) is 0 Å². The number of benzene rings is 3. The zero-order valence-corrected chi connectivity index (χ0v) is 18.0. The number of ether oxygens (including phenoxy) is 1. The van der Waals surface area contributed by atoms with Gasteiger partial charge in [-0.25, -0.2) is 12.9 Å². The fourth-order valence-electron chi connectivity index (χ4n) is 3.32. The van der Waals surface area contributed by atoms with Gasteiger partial charge in [-0.3, -0.25) is 4.79 Å². The molecular weight excluding hydrogens is 405 g/mol. The molecule has 0 heterocycles. The fraction of sp³-hybridized carbons (Fsp3) is 0.261. The average molecular weight is 430 g/mol. The van der Waals surface area contributed by atoms with Gasteiger partial charge in [0.25, 0.3) is 0 Å². The van der Waals surface area contributed by atoms with E-state index in [1.165, 1.54) is 12.1 Å². The number of carboxylic acid groups (broad SMARTS) is 1. The largest absolute Gasteiger partial charge is 0.481 e. The molecule has 30 heavy (non-hydrogen) atoms. The van der Waals surface area contributed by atoms with E-state index in [9.17, 15) is 18.5 Å². The molecule has 3 rings (SSSR count). The van der Waals surface area contributed by atoms with Crippen molar-refractivity contribution in [3.8, 4) is 11.5 Å². The molecule has 3 aromatic rings. The van der Waals surface area contributed by atoms with Gasteiger partial charge in [0.15, 0.2) is 0 Å². The van der Waals surface area contributed by atoms with Gasteiger partial charge in [-0.1, -0.05) is 26.0 Å². The van der Waals surface area contributed by atoms with Gasteiger partial charge in [0.1, 0.15) is 28.3 Å². The van der Waals surface area contributed by atoms with Crippen molar-refractivity contribution in [2.45, 2.75) is 32.1 Å². The van der Waals surface area contributed by atoms with Crippen molar-refractivity contribution in [2.24, 2.45) is 0 Å². The first-order chi connectivity index (χ1) is 14.3. The molecule has 0 aliphatic heterocycles. The topological polar surface area (TPSA) is 66.8 Å². The van der Waals surface area contributed by atoms with Crippen LogP contribution < -0.4 is 4.74 Å². The summed E-state index contributed by atoms with van der Waals surface area (Å²) in [5.41, 5.74) is 1.25. The summed E-state index contributed by atoms with van der Waals surface area (Å²) in [6.45, 7) is 7.02. The van der Waals surface area contributed by atoms with E-state index < -0.39 is 22.8 Å². The van der Waals surface area contributed by atoms with Crippen molar-refractivity contribution in [2.75, 3.05) is 13.1 Å². The van der Waals surface area contributed by atoms with Crippen LogP contribution in [-0.4, -0.2) is 32.7 Å². The number of rotatable bonds is 8. The molecule has 0 bridgehead atoms. The summed E-state index contributed by atoms with van der Waals surface area (Å²) < 4.78 is 34.4. The third-order valence-corrected chi connectivity index (χ3v) is 6.60. The molecule has 0 radical (unpaired) electrons. The SMILES string of the molecule is CCN(CC)S(=O)c1ccc(Oc2c(C)c(CC(=O)O)cc3ccc(F)cc23)cc1. The molecule has 158 valence electrons. The van der Waals surface area contributed by atoms with Crippen molar-refractivity contribution >= 4 is 27.7 Å². The Morgan fingerprint density at radius 3 is 2.37 bits per heavy atom. The first-order valence-electron chi connectivity index (χ1n) is 9.72. The second-order valence-electron chi connectivity index (χ2n) is 6.86. The van der Waals surface area contributed by atoms with Crippen LogP contribution in [0.15, 0.2) is 53.4 Å². The van der Waals surface area contributed by atoms with Crippen molar-refractivity contribution in [3.05, 3.63) is 65.5 Å². The van der Waals surface area contributed by atoms with Crippen LogP contribution in [0.25, 0.3) is 10.8 Å². The van der Waals surface area contributed by atoms with Gasteiger partial charge < -0.3 is 9.84 Å². The Morgan fingerprint density at radius 1 is 1.10 bits per heavy atom. The molecule has 5 nitrogen and oxygen atoms in total. The zero-order valence-electron chi connectivity index (χ0n) is 17.1. The number of nitrogens with zero attached hydrogens (tertiary/aromatic N) is 1. The maximum atomic E-state index is 13.9. The van der Waals surface area contributed by atoms with E-state index in [1.807, 2.05) is 18.2 Å². The quantitative estimate of drug-likeness (QED) is 0.543. The number of halogens is 1. The second kappa shape index (κ2) is 9.36. The number of carbonyl (C=O) groups is 1. The highest BCUT2D eigenvalue weighted by Gasteiger charge is 2.16. The number of fused-ring (bicyclic) bond motifs is 1. The molecular formula is C23H24FNO4S. The summed E-state index contributed by atoms with van der Waals surface area (Å²) in [5, 5.41) is 10.5. The monoisotopic (exact) mass is 429 g/mol. The Hall–Kier alpha value is -2.77. The Labute approximate surface area is 177 Å². The molecule has 1 unspecified atom stereocenters. The van der Waals surface area contributed by atoms with Crippen molar-refractivity contribution in [1.82, 2.24) is 4.31 Å². The van der Waals surface area contributed by atoms with Crippen molar-refractivity contribution in [3.63, 3.8) is 0 Å². The molecule has 0 aromatic heterocycles. The van der Waals surface area contributed by atoms with Gasteiger partial charge in [0.05, 0.1) is 11.3 Å². The van der Waals surface area contributed by atoms with Crippen LogP contribution in [0.1, 0.15) is 25.0 Å². The van der Waals surface area contributed by atoms with Gasteiger partial charge in [-0.05, 0) is 59.8 Å². The smallest absolute Gasteiger partial charge is 0.307 e. The minimum Gasteiger partial charge on any atom is -0.481 e. The van der Waals surface area contributed by atoms with Crippen LogP contribution in [0, 0.1) is 12.7 Å². The summed E-state index contributed by atoms with van der Waals surface area (Å²) in [6, 6.07) is 13.0. The van der Waals surface area contributed by atoms with Crippen LogP contribution >= 0.6 is 0 Å². The number of aliphatic carboxylic acids is 1. The standard InChI is InChI=1S/C23H24FNO4S/c1-4-25(5-2)30(28)20-10-8-19(9-11-20)29-23-15(3)17(13-22(26)27)12-16-6-7-18(24)14-21(16)23/h6-12,14H,4-5,13H2,1-3H3,(H,26,27).